The van der Waals surface area contributed by atoms with E-state index in [-0.39, 0.29) is 0 Å². The molecule has 4 nitrogen and oxygen atoms in total. The highest BCUT2D eigenvalue weighted by Crippen LogP contribution is 2.36. The van der Waals surface area contributed by atoms with Gasteiger partial charge in [-0.3, -0.25) is 4.90 Å². The molecule has 0 N–H and O–H groups in total. The molecule has 23 heavy (non-hydrogen) atoms. The van der Waals surface area contributed by atoms with Gasteiger partial charge in [0.25, 0.3) is 0 Å². The van der Waals surface area contributed by atoms with Gasteiger partial charge in [0.15, 0.2) is 11.5 Å². The van der Waals surface area contributed by atoms with Crippen LogP contribution in [0.15, 0.2) is 29.8 Å². The van der Waals surface area contributed by atoms with Gasteiger partial charge in [-0.2, -0.15) is 0 Å². The predicted octanol–water partition coefficient (Wildman–Crippen LogP) is 3.76. The van der Waals surface area contributed by atoms with E-state index in [2.05, 4.69) is 24.9 Å². The first-order valence-corrected chi connectivity index (χ1v) is 8.23. The van der Waals surface area contributed by atoms with Gasteiger partial charge in [0.05, 0.1) is 21.3 Å². The van der Waals surface area contributed by atoms with Gasteiger partial charge in [0.1, 0.15) is 0 Å². The number of hydrogen-bond acceptors (Lipinski definition) is 4. The molecule has 2 unspecified atom stereocenters. The number of para-hydroxylation sites is 1. The minimum atomic E-state index is 0.627. The third-order valence-electron chi connectivity index (χ3n) is 4.80. The number of fused-ring (bicyclic) bond motifs is 1. The maximum absolute atomic E-state index is 5.11. The van der Waals surface area contributed by atoms with E-state index in [0.717, 1.165) is 12.0 Å². The van der Waals surface area contributed by atoms with Gasteiger partial charge >= 0.3 is 0 Å². The lowest BCUT2D eigenvalue weighted by atomic mass is 9.87. The zero-order valence-corrected chi connectivity index (χ0v) is 15.0. The standard InChI is InChI=1S/C10H17N.C9H12O3/c1-8-3-4-9-5-6-11(2)10(9)7-8;1-10-7-5-4-6-8(11-2)9(7)12-3/h7,9-10H,3-6H2,1-2H3;4-6H,1-3H3. The Hall–Kier alpha value is -1.68. The smallest absolute Gasteiger partial charge is 0.203 e. The summed E-state index contributed by atoms with van der Waals surface area (Å²) >= 11 is 0. The lowest BCUT2D eigenvalue weighted by Crippen LogP contribution is -2.29. The first-order chi connectivity index (χ1) is 11.1. The number of benzene rings is 1. The summed E-state index contributed by atoms with van der Waals surface area (Å²) in [6.07, 6.45) is 6.67. The monoisotopic (exact) mass is 319 g/mol. The molecule has 0 amide bonds. The predicted molar refractivity (Wildman–Crippen MR) is 93.6 cm³/mol. The maximum atomic E-state index is 5.11. The molecular weight excluding hydrogens is 290 g/mol. The van der Waals surface area contributed by atoms with Crippen LogP contribution in [0.25, 0.3) is 0 Å². The van der Waals surface area contributed by atoms with Crippen molar-refractivity contribution < 1.29 is 14.2 Å². The number of likely N-dealkylation sites (N-methyl/N-ethyl adjacent to an activating group) is 1. The number of methoxy groups -OCH3 is 3. The second-order valence-corrected chi connectivity index (χ2v) is 6.27. The van der Waals surface area contributed by atoms with E-state index in [9.17, 15) is 0 Å². The number of hydrogen-bond donors (Lipinski definition) is 0. The highest BCUT2D eigenvalue weighted by Gasteiger charge is 2.31. The molecule has 0 bridgehead atoms. The maximum Gasteiger partial charge on any atom is 0.203 e. The van der Waals surface area contributed by atoms with Gasteiger partial charge in [0.2, 0.25) is 5.75 Å². The molecule has 0 radical (unpaired) electrons. The summed E-state index contributed by atoms with van der Waals surface area (Å²) in [5, 5.41) is 0. The zero-order chi connectivity index (χ0) is 16.8. The van der Waals surface area contributed by atoms with Crippen LogP contribution in [0, 0.1) is 5.92 Å². The average molecular weight is 319 g/mol. The molecule has 2 atom stereocenters. The highest BCUT2D eigenvalue weighted by molar-refractivity contribution is 5.50. The first kappa shape index (κ1) is 17.7. The summed E-state index contributed by atoms with van der Waals surface area (Å²) in [6.45, 7) is 3.57. The Morgan fingerprint density at radius 2 is 1.65 bits per heavy atom. The summed E-state index contributed by atoms with van der Waals surface area (Å²) in [6, 6.07) is 6.27. The fourth-order valence-corrected chi connectivity index (χ4v) is 3.43. The molecule has 128 valence electrons. The zero-order valence-electron chi connectivity index (χ0n) is 15.0. The van der Waals surface area contributed by atoms with Gasteiger partial charge < -0.3 is 14.2 Å². The molecule has 1 aromatic rings. The van der Waals surface area contributed by atoms with Gasteiger partial charge in [-0.15, -0.1) is 0 Å². The van der Waals surface area contributed by atoms with E-state index in [0.29, 0.717) is 17.2 Å². The molecule has 1 saturated heterocycles. The molecule has 1 aliphatic carbocycles. The Bertz CT molecular complexity index is 519. The van der Waals surface area contributed by atoms with E-state index in [1.54, 1.807) is 26.9 Å². The van der Waals surface area contributed by atoms with Crippen LogP contribution in [0.1, 0.15) is 26.2 Å². The Balaban J connectivity index is 0.000000167. The third-order valence-corrected chi connectivity index (χ3v) is 4.80. The van der Waals surface area contributed by atoms with Crippen molar-refractivity contribution >= 4 is 0 Å². The second kappa shape index (κ2) is 8.25. The average Bonchev–Trinajstić information content (AvgIpc) is 2.95. The number of likely N-dealkylation sites (tertiary alicyclic amines) is 1. The summed E-state index contributed by atoms with van der Waals surface area (Å²) in [7, 11) is 7.02. The number of nitrogens with zero attached hydrogens (tertiary/aromatic N) is 1. The lowest BCUT2D eigenvalue weighted by Gasteiger charge is -2.26. The lowest BCUT2D eigenvalue weighted by molar-refractivity contribution is 0.303. The molecule has 3 rings (SSSR count). The molecule has 0 saturated carbocycles. The van der Waals surface area contributed by atoms with Gasteiger partial charge in [-0.1, -0.05) is 17.7 Å². The van der Waals surface area contributed by atoms with Gasteiger partial charge in [-0.05, 0) is 57.8 Å². The van der Waals surface area contributed by atoms with Gasteiger partial charge in [0, 0.05) is 6.04 Å². The Labute approximate surface area is 140 Å². The Morgan fingerprint density at radius 3 is 2.22 bits per heavy atom. The van der Waals surface area contributed by atoms with Crippen molar-refractivity contribution in [2.24, 2.45) is 5.92 Å². The molecular formula is C19H29NO3. The Kier molecular flexibility index (Phi) is 6.34. The van der Waals surface area contributed by atoms with Crippen LogP contribution < -0.4 is 14.2 Å². The van der Waals surface area contributed by atoms with E-state index in [1.807, 2.05) is 18.2 Å². The molecule has 1 heterocycles. The van der Waals surface area contributed by atoms with Crippen LogP contribution in [-0.2, 0) is 0 Å². The normalized spacial score (nSPS) is 23.3. The van der Waals surface area contributed by atoms with E-state index < -0.39 is 0 Å². The second-order valence-electron chi connectivity index (χ2n) is 6.27. The topological polar surface area (TPSA) is 30.9 Å². The van der Waals surface area contributed by atoms with Crippen molar-refractivity contribution in [2.75, 3.05) is 34.9 Å². The number of rotatable bonds is 3. The molecule has 1 aromatic carbocycles. The molecule has 1 aliphatic heterocycles. The third kappa shape index (κ3) is 4.20. The van der Waals surface area contributed by atoms with Crippen molar-refractivity contribution in [1.29, 1.82) is 0 Å². The molecule has 0 aromatic heterocycles. The van der Waals surface area contributed by atoms with Crippen LogP contribution in [0.2, 0.25) is 0 Å². The minimum Gasteiger partial charge on any atom is -0.493 e. The fraction of sp³-hybridized carbons (Fsp3) is 0.579. The van der Waals surface area contributed by atoms with Gasteiger partial charge in [-0.25, -0.2) is 0 Å². The van der Waals surface area contributed by atoms with Crippen LogP contribution in [-0.4, -0.2) is 45.9 Å². The summed E-state index contributed by atoms with van der Waals surface area (Å²) < 4.78 is 15.3. The van der Waals surface area contributed by atoms with E-state index in [4.69, 9.17) is 14.2 Å². The van der Waals surface area contributed by atoms with Crippen LogP contribution in [0.4, 0.5) is 0 Å². The summed E-state index contributed by atoms with van der Waals surface area (Å²) in [4.78, 5) is 2.49. The van der Waals surface area contributed by atoms with E-state index >= 15 is 0 Å². The molecule has 4 heteroatoms. The fourth-order valence-electron chi connectivity index (χ4n) is 3.43. The van der Waals surface area contributed by atoms with Crippen LogP contribution >= 0.6 is 0 Å². The highest BCUT2D eigenvalue weighted by atomic mass is 16.5. The van der Waals surface area contributed by atoms with Crippen LogP contribution in [0.5, 0.6) is 17.2 Å². The van der Waals surface area contributed by atoms with Crippen molar-refractivity contribution in [3.63, 3.8) is 0 Å². The summed E-state index contributed by atoms with van der Waals surface area (Å²) in [5.41, 5.74) is 1.60. The number of ether oxygens (including phenoxy) is 3. The molecule has 2 aliphatic rings. The number of allylic oxidation sites excluding steroid dienone is 1. The molecule has 0 spiro atoms. The van der Waals surface area contributed by atoms with Crippen molar-refractivity contribution in [2.45, 2.75) is 32.2 Å². The van der Waals surface area contributed by atoms with Crippen LogP contribution in [0.3, 0.4) is 0 Å². The van der Waals surface area contributed by atoms with Crippen molar-refractivity contribution in [3.8, 4) is 17.2 Å². The summed E-state index contributed by atoms with van der Waals surface area (Å²) in [5.74, 6) is 2.96. The van der Waals surface area contributed by atoms with E-state index in [1.165, 1.54) is 25.8 Å². The van der Waals surface area contributed by atoms with Crippen molar-refractivity contribution in [1.82, 2.24) is 4.90 Å². The SMILES string of the molecule is CC1=CC2C(CC1)CCN2C.COc1cccc(OC)c1OC. The van der Waals surface area contributed by atoms with Crippen molar-refractivity contribution in [3.05, 3.63) is 29.8 Å². The largest absolute Gasteiger partial charge is 0.493 e. The molecule has 1 fully saturated rings. The quantitative estimate of drug-likeness (QED) is 0.794. The first-order valence-electron chi connectivity index (χ1n) is 8.23. The minimum absolute atomic E-state index is 0.627. The Morgan fingerprint density at radius 1 is 1.00 bits per heavy atom.